The molecule has 0 spiro atoms. The first kappa shape index (κ1) is 16.5. The molecule has 11 heteroatoms. The average molecular weight is 361 g/mol. The van der Waals surface area contributed by atoms with Gasteiger partial charge in [0.15, 0.2) is 0 Å². The fourth-order valence-electron chi connectivity index (χ4n) is 2.11. The molecule has 3 aromatic rings. The second-order valence-corrected chi connectivity index (χ2v) is 5.46. The Morgan fingerprint density at radius 3 is 2.16 bits per heavy atom. The van der Waals surface area contributed by atoms with Gasteiger partial charge in [0.2, 0.25) is 5.82 Å². The smallest absolute Gasteiger partial charge is 0.258 e. The molecular formula is C14H9ClN6O4. The maximum Gasteiger partial charge on any atom is 0.277 e. The number of non-ortho nitro benzene ring substituents is 2. The number of tetrazole rings is 1. The summed E-state index contributed by atoms with van der Waals surface area (Å²) in [5, 5.41) is 34.3. The molecule has 0 aliphatic rings. The number of nitrogens with zero attached hydrogens (tertiary/aromatic N) is 6. The Morgan fingerprint density at radius 1 is 1.00 bits per heavy atom. The number of hydrogen-bond acceptors (Lipinski definition) is 7. The Balaban J connectivity index is 1.92. The Kier molecular flexibility index (Phi) is 4.35. The minimum absolute atomic E-state index is 0.0563. The minimum Gasteiger partial charge on any atom is -0.258 e. The zero-order valence-electron chi connectivity index (χ0n) is 12.4. The zero-order valence-corrected chi connectivity index (χ0v) is 13.2. The Bertz CT molecular complexity index is 924. The van der Waals surface area contributed by atoms with E-state index in [2.05, 4.69) is 15.4 Å². The Labute approximate surface area is 145 Å². The predicted molar refractivity (Wildman–Crippen MR) is 87.1 cm³/mol. The van der Waals surface area contributed by atoms with Gasteiger partial charge < -0.3 is 0 Å². The van der Waals surface area contributed by atoms with Crippen molar-refractivity contribution in [3.8, 4) is 11.4 Å². The first-order chi connectivity index (χ1) is 11.9. The Morgan fingerprint density at radius 2 is 1.60 bits per heavy atom. The van der Waals surface area contributed by atoms with E-state index in [9.17, 15) is 20.2 Å². The molecule has 0 aliphatic carbocycles. The van der Waals surface area contributed by atoms with E-state index in [0.29, 0.717) is 11.6 Å². The van der Waals surface area contributed by atoms with E-state index in [1.807, 2.05) is 0 Å². The van der Waals surface area contributed by atoms with Crippen molar-refractivity contribution >= 4 is 23.0 Å². The van der Waals surface area contributed by atoms with E-state index in [1.54, 1.807) is 24.3 Å². The highest BCUT2D eigenvalue weighted by molar-refractivity contribution is 6.30. The van der Waals surface area contributed by atoms with Gasteiger partial charge in [0.1, 0.15) is 0 Å². The first-order valence-corrected chi connectivity index (χ1v) is 7.26. The van der Waals surface area contributed by atoms with Crippen LogP contribution in [0.25, 0.3) is 11.4 Å². The number of rotatable bonds is 5. The highest BCUT2D eigenvalue weighted by atomic mass is 35.5. The molecule has 10 nitrogen and oxygen atoms in total. The normalized spacial score (nSPS) is 10.6. The molecule has 3 rings (SSSR count). The summed E-state index contributed by atoms with van der Waals surface area (Å²) >= 11 is 5.82. The molecule has 0 amide bonds. The van der Waals surface area contributed by atoms with Crippen LogP contribution in [0.1, 0.15) is 5.56 Å². The lowest BCUT2D eigenvalue weighted by Crippen LogP contribution is -2.03. The van der Waals surface area contributed by atoms with Gasteiger partial charge in [0, 0.05) is 22.7 Å². The van der Waals surface area contributed by atoms with E-state index < -0.39 is 21.2 Å². The maximum atomic E-state index is 10.9. The van der Waals surface area contributed by atoms with Gasteiger partial charge in [-0.25, -0.2) is 0 Å². The van der Waals surface area contributed by atoms with Crippen molar-refractivity contribution in [2.24, 2.45) is 0 Å². The van der Waals surface area contributed by atoms with Gasteiger partial charge in [0.25, 0.3) is 11.4 Å². The van der Waals surface area contributed by atoms with E-state index in [0.717, 1.165) is 23.8 Å². The second kappa shape index (κ2) is 6.61. The lowest BCUT2D eigenvalue weighted by atomic mass is 10.1. The van der Waals surface area contributed by atoms with Crippen LogP contribution in [0.4, 0.5) is 11.4 Å². The topological polar surface area (TPSA) is 130 Å². The standard InChI is InChI=1S/C14H9ClN6O4/c15-11-3-1-9(2-4-11)8-19-17-14(16-18-19)10-5-12(20(22)23)7-13(6-10)21(24)25/h1-7H,8H2. The van der Waals surface area contributed by atoms with Gasteiger partial charge in [-0.3, -0.25) is 20.2 Å². The van der Waals surface area contributed by atoms with Gasteiger partial charge >= 0.3 is 0 Å². The molecule has 0 radical (unpaired) electrons. The molecule has 0 N–H and O–H groups in total. The van der Waals surface area contributed by atoms with Crippen LogP contribution in [0.3, 0.4) is 0 Å². The molecule has 0 unspecified atom stereocenters. The third-order valence-electron chi connectivity index (χ3n) is 3.27. The fourth-order valence-corrected chi connectivity index (χ4v) is 2.24. The quantitative estimate of drug-likeness (QED) is 0.505. The molecule has 0 fully saturated rings. The van der Waals surface area contributed by atoms with E-state index in [4.69, 9.17) is 11.6 Å². The lowest BCUT2D eigenvalue weighted by molar-refractivity contribution is -0.394. The van der Waals surface area contributed by atoms with Gasteiger partial charge in [-0.15, -0.1) is 10.2 Å². The fraction of sp³-hybridized carbons (Fsp3) is 0.0714. The van der Waals surface area contributed by atoms with Crippen LogP contribution in [0.5, 0.6) is 0 Å². The minimum atomic E-state index is -0.714. The van der Waals surface area contributed by atoms with Crippen molar-refractivity contribution in [3.05, 3.63) is 73.3 Å². The van der Waals surface area contributed by atoms with E-state index >= 15 is 0 Å². The summed E-state index contributed by atoms with van der Waals surface area (Å²) in [5.74, 6) is 0.0563. The molecule has 1 heterocycles. The molecule has 0 saturated heterocycles. The van der Waals surface area contributed by atoms with E-state index in [1.165, 1.54) is 4.80 Å². The highest BCUT2D eigenvalue weighted by Crippen LogP contribution is 2.27. The summed E-state index contributed by atoms with van der Waals surface area (Å²) in [6, 6.07) is 10.2. The summed E-state index contributed by atoms with van der Waals surface area (Å²) in [4.78, 5) is 21.7. The average Bonchev–Trinajstić information content (AvgIpc) is 3.05. The number of benzene rings is 2. The van der Waals surface area contributed by atoms with Crippen LogP contribution in [0.2, 0.25) is 5.02 Å². The summed E-state index contributed by atoms with van der Waals surface area (Å²) in [5.41, 5.74) is 0.179. The van der Waals surface area contributed by atoms with Crippen LogP contribution < -0.4 is 0 Å². The van der Waals surface area contributed by atoms with Crippen molar-refractivity contribution in [3.63, 3.8) is 0 Å². The number of aromatic nitrogens is 4. The summed E-state index contributed by atoms with van der Waals surface area (Å²) < 4.78 is 0. The van der Waals surface area contributed by atoms with Crippen LogP contribution in [-0.4, -0.2) is 30.1 Å². The number of halogens is 1. The molecule has 1 aromatic heterocycles. The largest absolute Gasteiger partial charge is 0.277 e. The molecule has 126 valence electrons. The maximum absolute atomic E-state index is 10.9. The monoisotopic (exact) mass is 360 g/mol. The number of nitro groups is 2. The molecule has 2 aromatic carbocycles. The van der Waals surface area contributed by atoms with Crippen molar-refractivity contribution < 1.29 is 9.85 Å². The first-order valence-electron chi connectivity index (χ1n) is 6.89. The van der Waals surface area contributed by atoms with Gasteiger partial charge in [-0.2, -0.15) is 4.80 Å². The summed E-state index contributed by atoms with van der Waals surface area (Å²) in [6.45, 7) is 0.307. The Hall–Kier alpha value is -3.40. The van der Waals surface area contributed by atoms with Crippen LogP contribution in [0, 0.1) is 20.2 Å². The molecule has 25 heavy (non-hydrogen) atoms. The van der Waals surface area contributed by atoms with Crippen LogP contribution in [-0.2, 0) is 6.54 Å². The lowest BCUT2D eigenvalue weighted by Gasteiger charge is -1.99. The number of hydrogen-bond donors (Lipinski definition) is 0. The highest BCUT2D eigenvalue weighted by Gasteiger charge is 2.19. The van der Waals surface area contributed by atoms with Gasteiger partial charge in [0.05, 0.1) is 22.5 Å². The van der Waals surface area contributed by atoms with Gasteiger partial charge in [-0.1, -0.05) is 23.7 Å². The van der Waals surface area contributed by atoms with Crippen molar-refractivity contribution in [1.82, 2.24) is 20.2 Å². The van der Waals surface area contributed by atoms with Crippen LogP contribution >= 0.6 is 11.6 Å². The van der Waals surface area contributed by atoms with Crippen molar-refractivity contribution in [2.45, 2.75) is 6.54 Å². The predicted octanol–water partition coefficient (Wildman–Crippen LogP) is 2.86. The third-order valence-corrected chi connectivity index (χ3v) is 3.52. The molecular weight excluding hydrogens is 352 g/mol. The van der Waals surface area contributed by atoms with E-state index in [-0.39, 0.29) is 11.4 Å². The van der Waals surface area contributed by atoms with Crippen molar-refractivity contribution in [1.29, 1.82) is 0 Å². The second-order valence-electron chi connectivity index (χ2n) is 5.02. The molecule has 0 atom stereocenters. The molecule has 0 bridgehead atoms. The van der Waals surface area contributed by atoms with Crippen molar-refractivity contribution in [2.75, 3.05) is 0 Å². The SMILES string of the molecule is O=[N+]([O-])c1cc(-c2nnn(Cc3ccc(Cl)cc3)n2)cc([N+](=O)[O-])c1. The zero-order chi connectivity index (χ0) is 18.0. The summed E-state index contributed by atoms with van der Waals surface area (Å²) in [6.07, 6.45) is 0. The molecule has 0 saturated carbocycles. The molecule has 0 aliphatic heterocycles. The van der Waals surface area contributed by atoms with Gasteiger partial charge in [-0.05, 0) is 22.9 Å². The van der Waals surface area contributed by atoms with Crippen LogP contribution in [0.15, 0.2) is 42.5 Å². The summed E-state index contributed by atoms with van der Waals surface area (Å²) in [7, 11) is 0. The third kappa shape index (κ3) is 3.75. The number of nitro benzene ring substituents is 2.